The number of aliphatic hydroxyl groups excluding tert-OH is 1. The fraction of sp³-hybridized carbons (Fsp3) is 0.231. The van der Waals surface area contributed by atoms with Crippen LogP contribution in [0.4, 0.5) is 0 Å². The summed E-state index contributed by atoms with van der Waals surface area (Å²) in [6.45, 7) is 6.10. The molecule has 0 aliphatic carbocycles. The summed E-state index contributed by atoms with van der Waals surface area (Å²) >= 11 is 0. The van der Waals surface area contributed by atoms with E-state index in [4.69, 9.17) is 15.6 Å². The van der Waals surface area contributed by atoms with Crippen LogP contribution in [0, 0.1) is 0 Å². The standard InChI is InChI=1S/C13H18N2O2/c1-9(13(14)16)10(2)15-8-11-5-4-6-12(7-11)17-3/h4-7,15-16H,2,8,14H2,1,3H3/b13-9+. The zero-order chi connectivity index (χ0) is 12.8. The second kappa shape index (κ2) is 5.84. The van der Waals surface area contributed by atoms with Crippen molar-refractivity contribution in [1.29, 1.82) is 0 Å². The van der Waals surface area contributed by atoms with Crippen molar-refractivity contribution in [2.45, 2.75) is 13.5 Å². The van der Waals surface area contributed by atoms with E-state index in [2.05, 4.69) is 11.9 Å². The fourth-order valence-electron chi connectivity index (χ4n) is 1.28. The number of hydrogen-bond acceptors (Lipinski definition) is 4. The minimum atomic E-state index is -0.215. The lowest BCUT2D eigenvalue weighted by Crippen LogP contribution is -2.15. The third-order valence-corrected chi connectivity index (χ3v) is 2.48. The van der Waals surface area contributed by atoms with E-state index in [-0.39, 0.29) is 5.88 Å². The maximum Gasteiger partial charge on any atom is 0.186 e. The summed E-state index contributed by atoms with van der Waals surface area (Å²) < 4.78 is 5.13. The van der Waals surface area contributed by atoms with E-state index < -0.39 is 0 Å². The lowest BCUT2D eigenvalue weighted by atomic mass is 10.2. The summed E-state index contributed by atoms with van der Waals surface area (Å²) in [5.41, 5.74) is 7.48. The van der Waals surface area contributed by atoms with Crippen molar-refractivity contribution >= 4 is 0 Å². The predicted molar refractivity (Wildman–Crippen MR) is 68.5 cm³/mol. The molecule has 0 fully saturated rings. The van der Waals surface area contributed by atoms with Crippen molar-refractivity contribution < 1.29 is 9.84 Å². The van der Waals surface area contributed by atoms with Gasteiger partial charge >= 0.3 is 0 Å². The molecule has 0 radical (unpaired) electrons. The molecule has 0 heterocycles. The first kappa shape index (κ1) is 13.0. The topological polar surface area (TPSA) is 67.5 Å². The van der Waals surface area contributed by atoms with Gasteiger partial charge in [-0.3, -0.25) is 0 Å². The minimum Gasteiger partial charge on any atom is -0.497 e. The van der Waals surface area contributed by atoms with Crippen LogP contribution >= 0.6 is 0 Å². The highest BCUT2D eigenvalue weighted by Gasteiger charge is 2.02. The summed E-state index contributed by atoms with van der Waals surface area (Å²) in [6.07, 6.45) is 0. The Hall–Kier alpha value is -2.10. The first-order valence-corrected chi connectivity index (χ1v) is 5.26. The van der Waals surface area contributed by atoms with Crippen LogP contribution in [0.5, 0.6) is 5.75 Å². The van der Waals surface area contributed by atoms with Gasteiger partial charge in [-0.25, -0.2) is 0 Å². The van der Waals surface area contributed by atoms with Crippen LogP contribution in [0.25, 0.3) is 0 Å². The number of hydrogen-bond donors (Lipinski definition) is 3. The van der Waals surface area contributed by atoms with Crippen molar-refractivity contribution in [2.24, 2.45) is 5.73 Å². The maximum atomic E-state index is 9.11. The molecule has 4 nitrogen and oxygen atoms in total. The molecule has 1 aromatic carbocycles. The Labute approximate surface area is 101 Å². The minimum absolute atomic E-state index is 0.215. The van der Waals surface area contributed by atoms with E-state index in [1.54, 1.807) is 14.0 Å². The molecule has 0 aliphatic heterocycles. The summed E-state index contributed by atoms with van der Waals surface area (Å²) in [4.78, 5) is 0. The number of methoxy groups -OCH3 is 1. The molecule has 0 saturated carbocycles. The Morgan fingerprint density at radius 2 is 2.24 bits per heavy atom. The second-order valence-corrected chi connectivity index (χ2v) is 3.69. The van der Waals surface area contributed by atoms with E-state index in [0.29, 0.717) is 17.8 Å². The Morgan fingerprint density at radius 3 is 2.82 bits per heavy atom. The molecule has 0 unspecified atom stereocenters. The summed E-state index contributed by atoms with van der Waals surface area (Å²) in [7, 11) is 1.63. The highest BCUT2D eigenvalue weighted by molar-refractivity contribution is 5.30. The Bertz CT molecular complexity index is 435. The molecule has 17 heavy (non-hydrogen) atoms. The fourth-order valence-corrected chi connectivity index (χ4v) is 1.28. The lowest BCUT2D eigenvalue weighted by Gasteiger charge is -2.11. The SMILES string of the molecule is C=C(NCc1cccc(OC)c1)/C(C)=C(\N)O. The quantitative estimate of drug-likeness (QED) is 0.539. The van der Waals surface area contributed by atoms with E-state index in [1.807, 2.05) is 24.3 Å². The molecule has 0 amide bonds. The molecule has 4 heteroatoms. The molecule has 1 aromatic rings. The molecule has 0 aliphatic rings. The van der Waals surface area contributed by atoms with Crippen LogP contribution < -0.4 is 15.8 Å². The zero-order valence-corrected chi connectivity index (χ0v) is 10.2. The monoisotopic (exact) mass is 234 g/mol. The molecule has 0 spiro atoms. The molecule has 0 saturated heterocycles. The van der Waals surface area contributed by atoms with Crippen molar-refractivity contribution in [1.82, 2.24) is 5.32 Å². The van der Waals surface area contributed by atoms with Crippen LogP contribution in [0.3, 0.4) is 0 Å². The third-order valence-electron chi connectivity index (χ3n) is 2.48. The predicted octanol–water partition coefficient (Wildman–Crippen LogP) is 2.05. The number of ether oxygens (including phenoxy) is 1. The molecular weight excluding hydrogens is 216 g/mol. The Kier molecular flexibility index (Phi) is 4.46. The van der Waals surface area contributed by atoms with E-state index >= 15 is 0 Å². The first-order valence-electron chi connectivity index (χ1n) is 5.26. The Morgan fingerprint density at radius 1 is 1.53 bits per heavy atom. The number of rotatable bonds is 5. The molecule has 92 valence electrons. The van der Waals surface area contributed by atoms with Gasteiger partial charge in [-0.2, -0.15) is 0 Å². The molecule has 1 rings (SSSR count). The smallest absolute Gasteiger partial charge is 0.186 e. The average molecular weight is 234 g/mol. The number of aliphatic hydroxyl groups is 1. The number of nitrogens with two attached hydrogens (primary N) is 1. The van der Waals surface area contributed by atoms with Gasteiger partial charge in [0.15, 0.2) is 5.88 Å². The van der Waals surface area contributed by atoms with Crippen molar-refractivity contribution in [3.05, 3.63) is 53.6 Å². The summed E-state index contributed by atoms with van der Waals surface area (Å²) in [5, 5.41) is 12.2. The largest absolute Gasteiger partial charge is 0.497 e. The third kappa shape index (κ3) is 3.75. The van der Waals surface area contributed by atoms with Crippen molar-refractivity contribution in [3.63, 3.8) is 0 Å². The van der Waals surface area contributed by atoms with Gasteiger partial charge < -0.3 is 20.9 Å². The molecule has 0 atom stereocenters. The van der Waals surface area contributed by atoms with Crippen LogP contribution in [-0.2, 0) is 6.54 Å². The van der Waals surface area contributed by atoms with Gasteiger partial charge in [-0.05, 0) is 24.6 Å². The first-order chi connectivity index (χ1) is 8.04. The van der Waals surface area contributed by atoms with Gasteiger partial charge in [0.1, 0.15) is 5.75 Å². The van der Waals surface area contributed by atoms with E-state index in [9.17, 15) is 0 Å². The van der Waals surface area contributed by atoms with Crippen molar-refractivity contribution in [3.8, 4) is 5.75 Å². The maximum absolute atomic E-state index is 9.11. The van der Waals surface area contributed by atoms with Crippen LogP contribution in [0.2, 0.25) is 0 Å². The van der Waals surface area contributed by atoms with E-state index in [1.165, 1.54) is 0 Å². The normalized spacial score (nSPS) is 11.6. The van der Waals surface area contributed by atoms with Crippen LogP contribution in [0.1, 0.15) is 12.5 Å². The van der Waals surface area contributed by atoms with Crippen LogP contribution in [-0.4, -0.2) is 12.2 Å². The lowest BCUT2D eigenvalue weighted by molar-refractivity contribution is 0.398. The number of allylic oxidation sites excluding steroid dienone is 1. The number of nitrogens with one attached hydrogen (secondary N) is 1. The van der Waals surface area contributed by atoms with Gasteiger partial charge in [0.25, 0.3) is 0 Å². The number of benzene rings is 1. The zero-order valence-electron chi connectivity index (χ0n) is 10.2. The molecular formula is C13H18N2O2. The highest BCUT2D eigenvalue weighted by atomic mass is 16.5. The second-order valence-electron chi connectivity index (χ2n) is 3.69. The van der Waals surface area contributed by atoms with Crippen molar-refractivity contribution in [2.75, 3.05) is 7.11 Å². The average Bonchev–Trinajstić information content (AvgIpc) is 2.35. The van der Waals surface area contributed by atoms with Crippen LogP contribution in [0.15, 0.2) is 48.0 Å². The Balaban J connectivity index is 2.62. The van der Waals surface area contributed by atoms with Gasteiger partial charge in [0, 0.05) is 17.8 Å². The summed E-state index contributed by atoms with van der Waals surface area (Å²) in [5.74, 6) is 0.594. The van der Waals surface area contributed by atoms with E-state index in [0.717, 1.165) is 11.3 Å². The summed E-state index contributed by atoms with van der Waals surface area (Å²) in [6, 6.07) is 7.71. The van der Waals surface area contributed by atoms with Gasteiger partial charge in [-0.1, -0.05) is 18.7 Å². The van der Waals surface area contributed by atoms with Gasteiger partial charge in [0.2, 0.25) is 0 Å². The van der Waals surface area contributed by atoms with Gasteiger partial charge in [0.05, 0.1) is 7.11 Å². The van der Waals surface area contributed by atoms with Gasteiger partial charge in [-0.15, -0.1) is 0 Å². The molecule has 0 aromatic heterocycles. The molecule has 4 N–H and O–H groups in total. The molecule has 0 bridgehead atoms. The highest BCUT2D eigenvalue weighted by Crippen LogP contribution is 2.13.